The maximum atomic E-state index is 12.6. The number of carbonyl (C=O) groups excluding carboxylic acids is 1. The monoisotopic (exact) mass is 387 g/mol. The molecule has 4 nitrogen and oxygen atoms in total. The summed E-state index contributed by atoms with van der Waals surface area (Å²) in [6, 6.07) is 6.58. The zero-order valence-electron chi connectivity index (χ0n) is 14.9. The van der Waals surface area contributed by atoms with Gasteiger partial charge in [-0.1, -0.05) is 24.3 Å². The van der Waals surface area contributed by atoms with Gasteiger partial charge in [0.05, 0.1) is 6.04 Å². The Hall–Kier alpha value is -1.24. The molecule has 2 fully saturated rings. The molecule has 0 aromatic heterocycles. The van der Waals surface area contributed by atoms with Gasteiger partial charge >= 0.3 is 0 Å². The Balaban J connectivity index is 0.00000243. The first kappa shape index (κ1) is 21.1. The fourth-order valence-electron chi connectivity index (χ4n) is 3.76. The van der Waals surface area contributed by atoms with Crippen LogP contribution < -0.4 is 10.6 Å². The number of hydrogen-bond donors (Lipinski definition) is 2. The van der Waals surface area contributed by atoms with E-state index in [1.807, 2.05) is 0 Å². The number of carbonyl (C=O) groups is 1. The minimum absolute atomic E-state index is 0. The van der Waals surface area contributed by atoms with E-state index in [-0.39, 0.29) is 29.9 Å². The van der Waals surface area contributed by atoms with Crippen molar-refractivity contribution in [2.24, 2.45) is 5.92 Å². The van der Waals surface area contributed by atoms with Gasteiger partial charge in [-0.15, -0.1) is 12.4 Å². The summed E-state index contributed by atoms with van der Waals surface area (Å²) < 4.78 is 25.2. The molecule has 0 radical (unpaired) electrons. The number of nitrogens with one attached hydrogen (secondary N) is 2. The van der Waals surface area contributed by atoms with Gasteiger partial charge in [0.15, 0.2) is 0 Å². The van der Waals surface area contributed by atoms with E-state index < -0.39 is 6.43 Å². The molecule has 2 unspecified atom stereocenters. The van der Waals surface area contributed by atoms with Crippen molar-refractivity contribution in [2.75, 3.05) is 26.2 Å². The van der Waals surface area contributed by atoms with Gasteiger partial charge in [-0.2, -0.15) is 0 Å². The van der Waals surface area contributed by atoms with Crippen LogP contribution in [0, 0.1) is 5.92 Å². The average Bonchev–Trinajstić information content (AvgIpc) is 3.15. The number of rotatable bonds is 6. The first-order valence-electron chi connectivity index (χ1n) is 9.22. The molecular formula is C19H28ClF2N3O. The minimum Gasteiger partial charge on any atom is -0.354 e. The number of likely N-dealkylation sites (tertiary alicyclic amines) is 1. The summed E-state index contributed by atoms with van der Waals surface area (Å²) in [4.78, 5) is 14.5. The van der Waals surface area contributed by atoms with Gasteiger partial charge in [-0.05, 0) is 50.3 Å². The highest BCUT2D eigenvalue weighted by atomic mass is 35.5. The number of benzene rings is 1. The Morgan fingerprint density at radius 1 is 1.23 bits per heavy atom. The molecule has 7 heteroatoms. The molecule has 2 atom stereocenters. The van der Waals surface area contributed by atoms with Crippen LogP contribution in [-0.2, 0) is 11.3 Å². The highest BCUT2D eigenvalue weighted by molar-refractivity contribution is 5.85. The predicted octanol–water partition coefficient (Wildman–Crippen LogP) is 3.13. The fourth-order valence-corrected chi connectivity index (χ4v) is 3.76. The standard InChI is InChI=1S/C19H27F2N3O.ClH/c20-18(21)16-7-5-14(6-8-16)12-24-10-2-3-15(13-24)11-23-19(25)17-4-1-9-22-17;/h5-8,15,17-18,22H,1-4,9-13H2,(H,23,25);1H. The predicted molar refractivity (Wildman–Crippen MR) is 101 cm³/mol. The molecule has 26 heavy (non-hydrogen) atoms. The van der Waals surface area contributed by atoms with Crippen molar-refractivity contribution in [3.63, 3.8) is 0 Å². The second-order valence-electron chi connectivity index (χ2n) is 7.18. The molecule has 1 amide bonds. The number of nitrogens with zero attached hydrogens (tertiary/aromatic N) is 1. The second kappa shape index (κ2) is 10.2. The van der Waals surface area contributed by atoms with Crippen LogP contribution in [0.4, 0.5) is 8.78 Å². The van der Waals surface area contributed by atoms with Gasteiger partial charge in [-0.3, -0.25) is 9.69 Å². The molecule has 1 aromatic rings. The lowest BCUT2D eigenvalue weighted by atomic mass is 9.97. The summed E-state index contributed by atoms with van der Waals surface area (Å²) in [5.41, 5.74) is 1.13. The molecule has 1 aromatic carbocycles. The lowest BCUT2D eigenvalue weighted by Gasteiger charge is -2.33. The highest BCUT2D eigenvalue weighted by Crippen LogP contribution is 2.21. The number of amides is 1. The van der Waals surface area contributed by atoms with Crippen LogP contribution in [0.3, 0.4) is 0 Å². The van der Waals surface area contributed by atoms with Crippen LogP contribution in [0.1, 0.15) is 43.2 Å². The SMILES string of the molecule is Cl.O=C(NCC1CCCN(Cc2ccc(C(F)F)cc2)C1)C1CCCN1. The molecule has 2 N–H and O–H groups in total. The summed E-state index contributed by atoms with van der Waals surface area (Å²) >= 11 is 0. The number of halogens is 3. The van der Waals surface area contributed by atoms with Crippen molar-refractivity contribution in [3.8, 4) is 0 Å². The van der Waals surface area contributed by atoms with Gasteiger partial charge in [0.1, 0.15) is 0 Å². The molecule has 146 valence electrons. The van der Waals surface area contributed by atoms with E-state index in [1.165, 1.54) is 12.1 Å². The van der Waals surface area contributed by atoms with Crippen molar-refractivity contribution in [2.45, 2.75) is 44.7 Å². The Morgan fingerprint density at radius 3 is 2.65 bits per heavy atom. The third-order valence-electron chi connectivity index (χ3n) is 5.18. The van der Waals surface area contributed by atoms with Crippen LogP contribution in [0.25, 0.3) is 0 Å². The normalized spacial score (nSPS) is 23.7. The maximum absolute atomic E-state index is 12.6. The fraction of sp³-hybridized carbons (Fsp3) is 0.632. The first-order valence-corrected chi connectivity index (χ1v) is 9.22. The summed E-state index contributed by atoms with van der Waals surface area (Å²) in [7, 11) is 0. The molecule has 3 rings (SSSR count). The quantitative estimate of drug-likeness (QED) is 0.788. The van der Waals surface area contributed by atoms with E-state index in [4.69, 9.17) is 0 Å². The van der Waals surface area contributed by atoms with E-state index in [0.29, 0.717) is 5.92 Å². The molecule has 0 aliphatic carbocycles. The summed E-state index contributed by atoms with van der Waals surface area (Å²) in [5.74, 6) is 0.580. The zero-order chi connectivity index (χ0) is 17.6. The van der Waals surface area contributed by atoms with E-state index in [1.54, 1.807) is 12.1 Å². The van der Waals surface area contributed by atoms with Gasteiger partial charge in [0.25, 0.3) is 6.43 Å². The van der Waals surface area contributed by atoms with Gasteiger partial charge < -0.3 is 10.6 Å². The number of alkyl halides is 2. The van der Waals surface area contributed by atoms with Crippen LogP contribution in [-0.4, -0.2) is 43.0 Å². The average molecular weight is 388 g/mol. The maximum Gasteiger partial charge on any atom is 0.263 e. The largest absolute Gasteiger partial charge is 0.354 e. The van der Waals surface area contributed by atoms with E-state index in [0.717, 1.165) is 64.0 Å². The van der Waals surface area contributed by atoms with Crippen molar-refractivity contribution in [1.82, 2.24) is 15.5 Å². The van der Waals surface area contributed by atoms with Crippen molar-refractivity contribution in [3.05, 3.63) is 35.4 Å². The van der Waals surface area contributed by atoms with E-state index in [2.05, 4.69) is 15.5 Å². The summed E-state index contributed by atoms with van der Waals surface area (Å²) in [6.45, 7) is 4.38. The third-order valence-corrected chi connectivity index (χ3v) is 5.18. The van der Waals surface area contributed by atoms with Crippen molar-refractivity contribution in [1.29, 1.82) is 0 Å². The van der Waals surface area contributed by atoms with E-state index in [9.17, 15) is 13.6 Å². The Labute approximate surface area is 160 Å². The molecule has 2 saturated heterocycles. The van der Waals surface area contributed by atoms with Crippen molar-refractivity contribution < 1.29 is 13.6 Å². The van der Waals surface area contributed by atoms with Crippen LogP contribution in [0.15, 0.2) is 24.3 Å². The Morgan fingerprint density at radius 2 is 2.00 bits per heavy atom. The smallest absolute Gasteiger partial charge is 0.263 e. The molecule has 0 spiro atoms. The third kappa shape index (κ3) is 5.89. The lowest BCUT2D eigenvalue weighted by molar-refractivity contribution is -0.123. The molecule has 2 heterocycles. The van der Waals surface area contributed by atoms with Gasteiger partial charge in [0, 0.05) is 25.2 Å². The zero-order valence-corrected chi connectivity index (χ0v) is 15.7. The van der Waals surface area contributed by atoms with Gasteiger partial charge in [0.2, 0.25) is 5.91 Å². The molecule has 2 aliphatic rings. The molecule has 2 aliphatic heterocycles. The first-order chi connectivity index (χ1) is 12.1. The molecule has 0 bridgehead atoms. The van der Waals surface area contributed by atoms with Crippen LogP contribution in [0.5, 0.6) is 0 Å². The van der Waals surface area contributed by atoms with E-state index >= 15 is 0 Å². The summed E-state index contributed by atoms with van der Waals surface area (Å²) in [5, 5.41) is 6.31. The number of piperidine rings is 1. The highest BCUT2D eigenvalue weighted by Gasteiger charge is 2.24. The molecule has 0 saturated carbocycles. The van der Waals surface area contributed by atoms with Crippen LogP contribution in [0.2, 0.25) is 0 Å². The second-order valence-corrected chi connectivity index (χ2v) is 7.18. The lowest BCUT2D eigenvalue weighted by Crippen LogP contribution is -2.45. The number of hydrogen-bond acceptors (Lipinski definition) is 3. The summed E-state index contributed by atoms with van der Waals surface area (Å²) in [6.07, 6.45) is 1.82. The van der Waals surface area contributed by atoms with Gasteiger partial charge in [-0.25, -0.2) is 8.78 Å². The minimum atomic E-state index is -2.41. The Kier molecular flexibility index (Phi) is 8.25. The topological polar surface area (TPSA) is 44.4 Å². The Bertz CT molecular complexity index is 564. The molecular weight excluding hydrogens is 360 g/mol. The van der Waals surface area contributed by atoms with Crippen molar-refractivity contribution >= 4 is 18.3 Å². The van der Waals surface area contributed by atoms with Crippen LogP contribution >= 0.6 is 12.4 Å².